The van der Waals surface area contributed by atoms with Crippen molar-refractivity contribution >= 4 is 38.3 Å². The molecular weight excluding hydrogens is 386 g/mol. The molecule has 8 heteroatoms. The van der Waals surface area contributed by atoms with Gasteiger partial charge in [0.1, 0.15) is 0 Å². The number of fused-ring (bicyclic) bond motifs is 1. The first-order chi connectivity index (χ1) is 12.9. The number of rotatable bonds is 7. The van der Waals surface area contributed by atoms with Gasteiger partial charge in [-0.05, 0) is 49.9 Å². The van der Waals surface area contributed by atoms with Crippen molar-refractivity contribution in [1.82, 2.24) is 9.62 Å². The van der Waals surface area contributed by atoms with Crippen LogP contribution in [0.15, 0.2) is 41.3 Å². The number of primary amides is 1. The summed E-state index contributed by atoms with van der Waals surface area (Å²) in [5.74, 6) is -0.360. The first-order valence-electron chi connectivity index (χ1n) is 9.07. The molecule has 0 aromatic heterocycles. The maximum Gasteiger partial charge on any atom is 0.241 e. The van der Waals surface area contributed by atoms with E-state index in [1.807, 2.05) is 12.1 Å². The molecular formula is C19H24ClN3O3S. The second-order valence-corrected chi connectivity index (χ2v) is 9.03. The molecule has 0 radical (unpaired) electrons. The van der Waals surface area contributed by atoms with Crippen LogP contribution in [0.25, 0.3) is 10.8 Å². The molecule has 2 aromatic rings. The SMILES string of the molecule is NC(=O)[C@@H]1CCCN(CCCNS(=O)(=O)c2cccc3cccc(Cl)c23)C1. The zero-order valence-corrected chi connectivity index (χ0v) is 16.6. The van der Waals surface area contributed by atoms with Crippen molar-refractivity contribution in [2.45, 2.75) is 24.2 Å². The third-order valence-electron chi connectivity index (χ3n) is 4.96. The summed E-state index contributed by atoms with van der Waals surface area (Å²) in [5.41, 5.74) is 5.40. The van der Waals surface area contributed by atoms with Gasteiger partial charge in [0.05, 0.1) is 10.8 Å². The van der Waals surface area contributed by atoms with Crippen LogP contribution in [0.3, 0.4) is 0 Å². The number of benzene rings is 2. The van der Waals surface area contributed by atoms with Gasteiger partial charge >= 0.3 is 0 Å². The van der Waals surface area contributed by atoms with E-state index in [2.05, 4.69) is 9.62 Å². The number of hydrogen-bond donors (Lipinski definition) is 2. The average molecular weight is 410 g/mol. The van der Waals surface area contributed by atoms with Crippen LogP contribution in [0.2, 0.25) is 5.02 Å². The van der Waals surface area contributed by atoms with Crippen LogP contribution in [-0.4, -0.2) is 45.4 Å². The van der Waals surface area contributed by atoms with Gasteiger partial charge in [0.25, 0.3) is 0 Å². The molecule has 1 amide bonds. The number of hydrogen-bond acceptors (Lipinski definition) is 4. The van der Waals surface area contributed by atoms with Crippen molar-refractivity contribution in [2.24, 2.45) is 11.7 Å². The summed E-state index contributed by atoms with van der Waals surface area (Å²) in [6.45, 7) is 2.61. The third-order valence-corrected chi connectivity index (χ3v) is 6.77. The first kappa shape index (κ1) is 20.1. The number of sulfonamides is 1. The van der Waals surface area contributed by atoms with Gasteiger partial charge < -0.3 is 10.6 Å². The molecule has 1 aliphatic rings. The predicted molar refractivity (Wildman–Crippen MR) is 107 cm³/mol. The highest BCUT2D eigenvalue weighted by atomic mass is 35.5. The lowest BCUT2D eigenvalue weighted by molar-refractivity contribution is -0.123. The number of nitrogens with one attached hydrogen (secondary N) is 1. The summed E-state index contributed by atoms with van der Waals surface area (Å²) in [5, 5.41) is 1.74. The number of likely N-dealkylation sites (tertiary alicyclic amines) is 1. The largest absolute Gasteiger partial charge is 0.369 e. The summed E-state index contributed by atoms with van der Waals surface area (Å²) >= 11 is 6.23. The summed E-state index contributed by atoms with van der Waals surface area (Å²) < 4.78 is 28.2. The first-order valence-corrected chi connectivity index (χ1v) is 10.9. The Morgan fingerprint density at radius 2 is 2.00 bits per heavy atom. The zero-order chi connectivity index (χ0) is 19.4. The van der Waals surface area contributed by atoms with Gasteiger partial charge in [-0.1, -0.05) is 35.9 Å². The quantitative estimate of drug-likeness (QED) is 0.686. The van der Waals surface area contributed by atoms with Crippen molar-refractivity contribution < 1.29 is 13.2 Å². The van der Waals surface area contributed by atoms with Gasteiger partial charge in [0.2, 0.25) is 15.9 Å². The zero-order valence-electron chi connectivity index (χ0n) is 15.0. The highest BCUT2D eigenvalue weighted by Gasteiger charge is 2.24. The molecule has 1 fully saturated rings. The Hall–Kier alpha value is -1.67. The van der Waals surface area contributed by atoms with E-state index >= 15 is 0 Å². The van der Waals surface area contributed by atoms with E-state index in [1.54, 1.807) is 24.3 Å². The Labute approximate surface area is 164 Å². The van der Waals surface area contributed by atoms with Gasteiger partial charge in [0, 0.05) is 23.5 Å². The number of amides is 1. The fourth-order valence-electron chi connectivity index (χ4n) is 3.56. The third kappa shape index (κ3) is 4.79. The van der Waals surface area contributed by atoms with Gasteiger partial charge in [-0.15, -0.1) is 0 Å². The number of carbonyl (C=O) groups is 1. The van der Waals surface area contributed by atoms with Crippen molar-refractivity contribution in [3.63, 3.8) is 0 Å². The molecule has 0 aliphatic carbocycles. The molecule has 0 bridgehead atoms. The number of halogens is 1. The normalized spacial score (nSPS) is 18.6. The molecule has 1 saturated heterocycles. The van der Waals surface area contributed by atoms with Crippen LogP contribution in [0.1, 0.15) is 19.3 Å². The van der Waals surface area contributed by atoms with Gasteiger partial charge in [-0.3, -0.25) is 4.79 Å². The lowest BCUT2D eigenvalue weighted by atomic mass is 9.97. The van der Waals surface area contributed by atoms with E-state index in [0.29, 0.717) is 29.9 Å². The van der Waals surface area contributed by atoms with Crippen LogP contribution in [0, 0.1) is 5.92 Å². The van der Waals surface area contributed by atoms with E-state index in [-0.39, 0.29) is 16.7 Å². The lowest BCUT2D eigenvalue weighted by Gasteiger charge is -2.31. The Bertz CT molecular complexity index is 928. The maximum atomic E-state index is 12.7. The van der Waals surface area contributed by atoms with Crippen molar-refractivity contribution in [3.8, 4) is 0 Å². The molecule has 0 saturated carbocycles. The Kier molecular flexibility index (Phi) is 6.37. The molecule has 1 heterocycles. The monoisotopic (exact) mass is 409 g/mol. The predicted octanol–water partition coefficient (Wildman–Crippen LogP) is 2.36. The van der Waals surface area contributed by atoms with Crippen LogP contribution in [0.5, 0.6) is 0 Å². The second kappa shape index (κ2) is 8.56. The second-order valence-electron chi connectivity index (χ2n) is 6.89. The fraction of sp³-hybridized carbons (Fsp3) is 0.421. The average Bonchev–Trinajstić information content (AvgIpc) is 2.65. The van der Waals surface area contributed by atoms with E-state index in [1.165, 1.54) is 0 Å². The molecule has 0 spiro atoms. The standard InChI is InChI=1S/C19H24ClN3O3S/c20-16-8-1-5-14-6-2-9-17(18(14)16)27(25,26)22-10-4-12-23-11-3-7-15(13-23)19(21)24/h1-2,5-6,8-9,15,22H,3-4,7,10-13H2,(H2,21,24)/t15-/m1/s1. The number of nitrogens with two attached hydrogens (primary N) is 1. The highest BCUT2D eigenvalue weighted by molar-refractivity contribution is 7.89. The van der Waals surface area contributed by atoms with E-state index in [0.717, 1.165) is 31.3 Å². The van der Waals surface area contributed by atoms with E-state index < -0.39 is 10.0 Å². The van der Waals surface area contributed by atoms with Gasteiger partial charge in [0.15, 0.2) is 0 Å². The van der Waals surface area contributed by atoms with Crippen molar-refractivity contribution in [3.05, 3.63) is 41.4 Å². The Morgan fingerprint density at radius 1 is 1.26 bits per heavy atom. The minimum atomic E-state index is -3.66. The van der Waals surface area contributed by atoms with Crippen LogP contribution < -0.4 is 10.5 Å². The maximum absolute atomic E-state index is 12.7. The van der Waals surface area contributed by atoms with E-state index in [9.17, 15) is 13.2 Å². The number of carbonyl (C=O) groups excluding carboxylic acids is 1. The molecule has 6 nitrogen and oxygen atoms in total. The highest BCUT2D eigenvalue weighted by Crippen LogP contribution is 2.29. The van der Waals surface area contributed by atoms with Crippen molar-refractivity contribution in [1.29, 1.82) is 0 Å². The lowest BCUT2D eigenvalue weighted by Crippen LogP contribution is -2.42. The molecule has 1 atom stereocenters. The summed E-state index contributed by atoms with van der Waals surface area (Å²) in [6.07, 6.45) is 2.43. The summed E-state index contributed by atoms with van der Waals surface area (Å²) in [6, 6.07) is 10.4. The summed E-state index contributed by atoms with van der Waals surface area (Å²) in [7, 11) is -3.66. The summed E-state index contributed by atoms with van der Waals surface area (Å²) in [4.78, 5) is 13.7. The molecule has 146 valence electrons. The van der Waals surface area contributed by atoms with Crippen LogP contribution in [0.4, 0.5) is 0 Å². The molecule has 2 aromatic carbocycles. The molecule has 3 rings (SSSR count). The number of nitrogens with zero attached hydrogens (tertiary/aromatic N) is 1. The molecule has 0 unspecified atom stereocenters. The fourth-order valence-corrected chi connectivity index (χ4v) is 5.23. The van der Waals surface area contributed by atoms with Gasteiger partial charge in [-0.25, -0.2) is 13.1 Å². The van der Waals surface area contributed by atoms with Crippen LogP contribution >= 0.6 is 11.6 Å². The minimum absolute atomic E-state index is 0.103. The molecule has 3 N–H and O–H groups in total. The number of piperidine rings is 1. The van der Waals surface area contributed by atoms with Crippen molar-refractivity contribution in [2.75, 3.05) is 26.2 Å². The smallest absolute Gasteiger partial charge is 0.241 e. The van der Waals surface area contributed by atoms with Gasteiger partial charge in [-0.2, -0.15) is 0 Å². The Balaban J connectivity index is 1.61. The minimum Gasteiger partial charge on any atom is -0.369 e. The molecule has 1 aliphatic heterocycles. The molecule has 27 heavy (non-hydrogen) atoms. The van der Waals surface area contributed by atoms with Crippen LogP contribution in [-0.2, 0) is 14.8 Å². The topological polar surface area (TPSA) is 92.5 Å². The van der Waals surface area contributed by atoms with E-state index in [4.69, 9.17) is 17.3 Å². The Morgan fingerprint density at radius 3 is 2.74 bits per heavy atom.